The van der Waals surface area contributed by atoms with Crippen molar-refractivity contribution in [3.63, 3.8) is 0 Å². The summed E-state index contributed by atoms with van der Waals surface area (Å²) in [4.78, 5) is 18.4. The van der Waals surface area contributed by atoms with Gasteiger partial charge in [-0.1, -0.05) is 18.2 Å². The monoisotopic (exact) mass is 452 g/mol. The normalized spacial score (nSPS) is 21.1. The number of piperidine rings is 1. The van der Waals surface area contributed by atoms with Crippen LogP contribution in [0.1, 0.15) is 5.56 Å². The molecule has 2 aliphatic rings. The number of fused-ring (bicyclic) bond motifs is 2. The number of rotatable bonds is 6. The van der Waals surface area contributed by atoms with Gasteiger partial charge >= 0.3 is 0 Å². The Morgan fingerprint density at radius 2 is 1.76 bits per heavy atom. The highest BCUT2D eigenvalue weighted by Crippen LogP contribution is 2.49. The Labute approximate surface area is 199 Å². The van der Waals surface area contributed by atoms with Crippen LogP contribution in [0, 0.1) is 18.8 Å². The molecular weight excluding hydrogens is 424 g/mol. The van der Waals surface area contributed by atoms with Crippen molar-refractivity contribution in [2.45, 2.75) is 13.0 Å². The summed E-state index contributed by atoms with van der Waals surface area (Å²) in [6.07, 6.45) is 3.44. The second kappa shape index (κ2) is 8.25. The number of nitrogens with zero attached hydrogens (tertiary/aromatic N) is 5. The van der Waals surface area contributed by atoms with Crippen molar-refractivity contribution in [1.82, 2.24) is 19.9 Å². The molecule has 0 spiro atoms. The van der Waals surface area contributed by atoms with Gasteiger partial charge < -0.3 is 19.9 Å². The first-order valence-electron chi connectivity index (χ1n) is 11.7. The highest BCUT2D eigenvalue weighted by Gasteiger charge is 2.56. The largest absolute Gasteiger partial charge is 0.457 e. The number of pyridine rings is 1. The third-order valence-corrected chi connectivity index (χ3v) is 6.99. The summed E-state index contributed by atoms with van der Waals surface area (Å²) >= 11 is 0. The van der Waals surface area contributed by atoms with Crippen molar-refractivity contribution < 1.29 is 4.74 Å². The van der Waals surface area contributed by atoms with Crippen LogP contribution in [-0.4, -0.2) is 53.1 Å². The van der Waals surface area contributed by atoms with E-state index in [0.29, 0.717) is 6.04 Å². The summed E-state index contributed by atoms with van der Waals surface area (Å²) in [6, 6.07) is 18.7. The number of hydrogen-bond donors (Lipinski definition) is 1. The van der Waals surface area contributed by atoms with E-state index >= 15 is 0 Å². The maximum atomic E-state index is 6.02. The lowest BCUT2D eigenvalue weighted by molar-refractivity contribution is 0.356. The Kier molecular flexibility index (Phi) is 5.07. The maximum absolute atomic E-state index is 6.02. The average molecular weight is 453 g/mol. The van der Waals surface area contributed by atoms with Crippen molar-refractivity contribution in [3.05, 3.63) is 72.7 Å². The van der Waals surface area contributed by atoms with Crippen LogP contribution in [-0.2, 0) is 0 Å². The Morgan fingerprint density at radius 3 is 2.50 bits per heavy atom. The molecule has 0 bridgehead atoms. The SMILES string of the molecule is Cc1cc(Nc2ncnc3cnc(N4CC5C(C4)C5N(C)C)cc23)ccc1Oc1ccccc1. The Balaban J connectivity index is 1.23. The molecule has 1 N–H and O–H groups in total. The standard InChI is InChI=1S/C27H28N6O/c1-17-11-18(9-10-24(17)34-19-7-5-4-6-8-19)31-27-20-12-25(28-13-23(20)29-16-30-27)33-14-21-22(15-33)26(21)32(2)3/h4-13,16,21-22,26H,14-15H2,1-3H3,(H,29,30,31). The van der Waals surface area contributed by atoms with Gasteiger partial charge in [-0.2, -0.15) is 0 Å². The van der Waals surface area contributed by atoms with E-state index in [-0.39, 0.29) is 0 Å². The molecule has 7 nitrogen and oxygen atoms in total. The van der Waals surface area contributed by atoms with Gasteiger partial charge in [0.15, 0.2) is 0 Å². The van der Waals surface area contributed by atoms with Crippen LogP contribution in [0.5, 0.6) is 11.5 Å². The zero-order chi connectivity index (χ0) is 23.2. The molecule has 1 saturated carbocycles. The van der Waals surface area contributed by atoms with E-state index in [1.807, 2.05) is 55.6 Å². The fourth-order valence-electron chi connectivity index (χ4n) is 5.26. The Bertz CT molecular complexity index is 1330. The first kappa shape index (κ1) is 20.9. The van der Waals surface area contributed by atoms with Crippen LogP contribution in [0.15, 0.2) is 67.1 Å². The molecule has 0 amide bonds. The summed E-state index contributed by atoms with van der Waals surface area (Å²) in [7, 11) is 4.36. The third-order valence-electron chi connectivity index (χ3n) is 6.99. The highest BCUT2D eigenvalue weighted by atomic mass is 16.5. The second-order valence-corrected chi connectivity index (χ2v) is 9.49. The fourth-order valence-corrected chi connectivity index (χ4v) is 5.26. The van der Waals surface area contributed by atoms with Crippen molar-refractivity contribution in [3.8, 4) is 11.5 Å². The molecule has 4 aromatic rings. The van der Waals surface area contributed by atoms with Crippen LogP contribution in [0.2, 0.25) is 0 Å². The van der Waals surface area contributed by atoms with Crippen molar-refractivity contribution >= 4 is 28.2 Å². The van der Waals surface area contributed by atoms with E-state index in [9.17, 15) is 0 Å². The number of aromatic nitrogens is 3. The van der Waals surface area contributed by atoms with Crippen LogP contribution in [0.25, 0.3) is 10.9 Å². The molecule has 2 aromatic heterocycles. The molecule has 172 valence electrons. The Morgan fingerprint density at radius 1 is 0.971 bits per heavy atom. The maximum Gasteiger partial charge on any atom is 0.141 e. The van der Waals surface area contributed by atoms with E-state index in [0.717, 1.165) is 70.2 Å². The number of hydrogen-bond acceptors (Lipinski definition) is 7. The van der Waals surface area contributed by atoms with Gasteiger partial charge in [0.1, 0.15) is 29.5 Å². The van der Waals surface area contributed by atoms with Gasteiger partial charge in [0.2, 0.25) is 0 Å². The predicted octanol–water partition coefficient (Wildman–Crippen LogP) is 4.87. The van der Waals surface area contributed by atoms with Crippen molar-refractivity contribution in [1.29, 1.82) is 0 Å². The molecule has 2 fully saturated rings. The quantitative estimate of drug-likeness (QED) is 0.448. The highest BCUT2D eigenvalue weighted by molar-refractivity contribution is 5.92. The number of ether oxygens (including phenoxy) is 1. The molecule has 1 aliphatic heterocycles. The molecule has 0 radical (unpaired) electrons. The minimum atomic E-state index is 0.717. The third kappa shape index (κ3) is 3.82. The van der Waals surface area contributed by atoms with Gasteiger partial charge in [-0.05, 0) is 74.8 Å². The van der Waals surface area contributed by atoms with Crippen LogP contribution >= 0.6 is 0 Å². The van der Waals surface area contributed by atoms with Gasteiger partial charge in [0.25, 0.3) is 0 Å². The summed E-state index contributed by atoms with van der Waals surface area (Å²) in [5, 5.41) is 4.45. The number of aryl methyl sites for hydroxylation is 1. The molecule has 2 unspecified atom stereocenters. The van der Waals surface area contributed by atoms with E-state index < -0.39 is 0 Å². The second-order valence-electron chi connectivity index (χ2n) is 9.49. The summed E-state index contributed by atoms with van der Waals surface area (Å²) in [6.45, 7) is 4.17. The topological polar surface area (TPSA) is 66.4 Å². The predicted molar refractivity (Wildman–Crippen MR) is 135 cm³/mol. The van der Waals surface area contributed by atoms with E-state index in [1.54, 1.807) is 6.33 Å². The lowest BCUT2D eigenvalue weighted by Gasteiger charge is -2.23. The molecule has 2 atom stereocenters. The molecule has 7 heteroatoms. The van der Waals surface area contributed by atoms with Gasteiger partial charge in [-0.15, -0.1) is 0 Å². The zero-order valence-corrected chi connectivity index (χ0v) is 19.6. The molecule has 6 rings (SSSR count). The first-order valence-corrected chi connectivity index (χ1v) is 11.7. The Hall–Kier alpha value is -3.71. The zero-order valence-electron chi connectivity index (χ0n) is 19.6. The lowest BCUT2D eigenvalue weighted by atomic mass is 10.2. The smallest absolute Gasteiger partial charge is 0.141 e. The van der Waals surface area contributed by atoms with E-state index in [1.165, 1.54) is 0 Å². The summed E-state index contributed by atoms with van der Waals surface area (Å²) in [5.41, 5.74) is 2.83. The lowest BCUT2D eigenvalue weighted by Crippen LogP contribution is -2.31. The summed E-state index contributed by atoms with van der Waals surface area (Å²) < 4.78 is 6.02. The van der Waals surface area contributed by atoms with Crippen LogP contribution in [0.4, 0.5) is 17.3 Å². The van der Waals surface area contributed by atoms with Crippen molar-refractivity contribution in [2.24, 2.45) is 11.8 Å². The van der Waals surface area contributed by atoms with E-state index in [4.69, 9.17) is 9.72 Å². The van der Waals surface area contributed by atoms with Crippen LogP contribution < -0.4 is 15.0 Å². The first-order chi connectivity index (χ1) is 16.6. The molecule has 2 aromatic carbocycles. The minimum absolute atomic E-state index is 0.717. The molecule has 1 saturated heterocycles. The molecular formula is C27H28N6O. The number of benzene rings is 2. The van der Waals surface area contributed by atoms with Gasteiger partial charge in [-0.25, -0.2) is 15.0 Å². The fraction of sp³-hybridized carbons (Fsp3) is 0.296. The number of anilines is 3. The number of para-hydroxylation sites is 1. The van der Waals surface area contributed by atoms with Crippen LogP contribution in [0.3, 0.4) is 0 Å². The van der Waals surface area contributed by atoms with Gasteiger partial charge in [0, 0.05) is 30.2 Å². The molecule has 34 heavy (non-hydrogen) atoms. The van der Waals surface area contributed by atoms with Gasteiger partial charge in [-0.3, -0.25) is 0 Å². The van der Waals surface area contributed by atoms with E-state index in [2.05, 4.69) is 51.3 Å². The molecule has 1 aliphatic carbocycles. The number of nitrogens with one attached hydrogen (secondary N) is 1. The minimum Gasteiger partial charge on any atom is -0.457 e. The summed E-state index contributed by atoms with van der Waals surface area (Å²) in [5.74, 6) is 4.93. The molecule has 3 heterocycles. The van der Waals surface area contributed by atoms with Gasteiger partial charge in [0.05, 0.1) is 11.7 Å². The van der Waals surface area contributed by atoms with Crippen molar-refractivity contribution in [2.75, 3.05) is 37.4 Å². The average Bonchev–Trinajstić information content (AvgIpc) is 3.36.